The zero-order chi connectivity index (χ0) is 17.8. The van der Waals surface area contributed by atoms with E-state index in [1.807, 2.05) is 0 Å². The Labute approximate surface area is 141 Å². The van der Waals surface area contributed by atoms with Crippen LogP contribution in [0.1, 0.15) is 15.9 Å². The molecule has 25 heavy (non-hydrogen) atoms. The third-order valence-corrected chi connectivity index (χ3v) is 3.46. The Bertz CT molecular complexity index is 1060. The molecule has 0 aliphatic rings. The van der Waals surface area contributed by atoms with Crippen molar-refractivity contribution in [2.75, 3.05) is 0 Å². The summed E-state index contributed by atoms with van der Waals surface area (Å²) in [5, 5.41) is 15.1. The molecule has 0 atom stereocenters. The molecule has 0 radical (unpaired) electrons. The lowest BCUT2D eigenvalue weighted by atomic mass is 10.1. The molecule has 2 aromatic carbocycles. The summed E-state index contributed by atoms with van der Waals surface area (Å²) in [7, 11) is 0. The number of pyridine rings is 1. The molecule has 1 aromatic heterocycles. The maximum absolute atomic E-state index is 12.3. The van der Waals surface area contributed by atoms with Crippen molar-refractivity contribution < 1.29 is 9.72 Å². The van der Waals surface area contributed by atoms with E-state index in [2.05, 4.69) is 15.5 Å². The number of non-ortho nitro benzene ring substituents is 1. The van der Waals surface area contributed by atoms with E-state index in [1.165, 1.54) is 30.5 Å². The second-order valence-electron chi connectivity index (χ2n) is 5.14. The Kier molecular flexibility index (Phi) is 4.34. The number of nitrogens with zero attached hydrogens (tertiary/aromatic N) is 2. The highest BCUT2D eigenvalue weighted by Gasteiger charge is 2.11. The summed E-state index contributed by atoms with van der Waals surface area (Å²) < 4.78 is 0. The number of carbonyl (C=O) groups is 1. The van der Waals surface area contributed by atoms with E-state index in [9.17, 15) is 19.7 Å². The average molecular weight is 336 g/mol. The van der Waals surface area contributed by atoms with Gasteiger partial charge >= 0.3 is 0 Å². The first-order chi connectivity index (χ1) is 12.0. The van der Waals surface area contributed by atoms with Gasteiger partial charge in [-0.2, -0.15) is 5.10 Å². The quantitative estimate of drug-likeness (QED) is 0.431. The van der Waals surface area contributed by atoms with Crippen LogP contribution < -0.4 is 11.0 Å². The number of hydrazone groups is 1. The Balaban J connectivity index is 1.83. The van der Waals surface area contributed by atoms with Crippen LogP contribution in [0.3, 0.4) is 0 Å². The van der Waals surface area contributed by atoms with E-state index in [1.54, 1.807) is 30.3 Å². The van der Waals surface area contributed by atoms with Gasteiger partial charge in [-0.05, 0) is 6.07 Å². The lowest BCUT2D eigenvalue weighted by Crippen LogP contribution is -2.20. The van der Waals surface area contributed by atoms with Gasteiger partial charge in [-0.1, -0.05) is 30.3 Å². The van der Waals surface area contributed by atoms with Crippen molar-refractivity contribution in [3.05, 3.63) is 86.2 Å². The van der Waals surface area contributed by atoms with E-state index in [-0.39, 0.29) is 11.3 Å². The van der Waals surface area contributed by atoms with Crippen LogP contribution in [0.2, 0.25) is 0 Å². The molecular weight excluding hydrogens is 324 g/mol. The molecule has 1 heterocycles. The van der Waals surface area contributed by atoms with Crippen molar-refractivity contribution in [2.24, 2.45) is 5.10 Å². The number of nitrogens with one attached hydrogen (secondary N) is 2. The van der Waals surface area contributed by atoms with Crippen LogP contribution in [-0.4, -0.2) is 22.0 Å². The van der Waals surface area contributed by atoms with E-state index in [0.717, 1.165) is 0 Å². The van der Waals surface area contributed by atoms with Crippen LogP contribution >= 0.6 is 0 Å². The van der Waals surface area contributed by atoms with Crippen molar-refractivity contribution in [3.63, 3.8) is 0 Å². The highest BCUT2D eigenvalue weighted by molar-refractivity contribution is 6.06. The van der Waals surface area contributed by atoms with Crippen LogP contribution in [-0.2, 0) is 0 Å². The summed E-state index contributed by atoms with van der Waals surface area (Å²) in [6.07, 6.45) is 1.29. The minimum Gasteiger partial charge on any atom is -0.322 e. The highest BCUT2D eigenvalue weighted by atomic mass is 16.6. The van der Waals surface area contributed by atoms with Gasteiger partial charge in [-0.15, -0.1) is 0 Å². The van der Waals surface area contributed by atoms with Crippen molar-refractivity contribution in [1.29, 1.82) is 0 Å². The van der Waals surface area contributed by atoms with Gasteiger partial charge in [0.2, 0.25) is 5.56 Å². The number of hydrogen-bond acceptors (Lipinski definition) is 5. The molecule has 2 N–H and O–H groups in total. The largest absolute Gasteiger partial charge is 0.322 e. The molecule has 3 aromatic rings. The molecule has 8 heteroatoms. The predicted octanol–water partition coefficient (Wildman–Crippen LogP) is 2.20. The molecule has 0 spiro atoms. The number of aromatic nitrogens is 1. The number of carbonyl (C=O) groups excluding carboxylic acids is 1. The lowest BCUT2D eigenvalue weighted by Gasteiger charge is -2.04. The van der Waals surface area contributed by atoms with Gasteiger partial charge in [-0.25, -0.2) is 5.43 Å². The van der Waals surface area contributed by atoms with Gasteiger partial charge in [-0.3, -0.25) is 19.7 Å². The van der Waals surface area contributed by atoms with E-state index < -0.39 is 16.4 Å². The normalized spacial score (nSPS) is 10.9. The van der Waals surface area contributed by atoms with Gasteiger partial charge < -0.3 is 4.98 Å². The summed E-state index contributed by atoms with van der Waals surface area (Å²) in [6, 6.07) is 13.9. The van der Waals surface area contributed by atoms with E-state index in [4.69, 9.17) is 0 Å². The highest BCUT2D eigenvalue weighted by Crippen LogP contribution is 2.14. The predicted molar refractivity (Wildman–Crippen MR) is 92.7 cm³/mol. The first-order valence-corrected chi connectivity index (χ1v) is 7.24. The number of H-pyrrole nitrogens is 1. The van der Waals surface area contributed by atoms with Crippen LogP contribution in [0, 0.1) is 10.1 Å². The minimum absolute atomic E-state index is 0.0733. The second-order valence-corrected chi connectivity index (χ2v) is 5.14. The topological polar surface area (TPSA) is 117 Å². The standard InChI is InChI=1S/C17H12N4O4/c22-16-9-14(13-6-1-2-7-15(13)19-16)17(23)20-18-10-11-4-3-5-12(8-11)21(24)25/h1-10H,(H,19,22)(H,20,23)/b18-10+. The summed E-state index contributed by atoms with van der Waals surface area (Å²) >= 11 is 0. The molecule has 3 rings (SSSR count). The maximum atomic E-state index is 12.3. The molecule has 0 fully saturated rings. The Morgan fingerprint density at radius 1 is 1.16 bits per heavy atom. The fourth-order valence-corrected chi connectivity index (χ4v) is 2.34. The van der Waals surface area contributed by atoms with Gasteiger partial charge in [0.05, 0.1) is 16.7 Å². The first kappa shape index (κ1) is 16.1. The number of para-hydroxylation sites is 1. The Morgan fingerprint density at radius 3 is 2.76 bits per heavy atom. The number of amides is 1. The van der Waals surface area contributed by atoms with E-state index in [0.29, 0.717) is 16.5 Å². The Morgan fingerprint density at radius 2 is 1.96 bits per heavy atom. The second kappa shape index (κ2) is 6.75. The first-order valence-electron chi connectivity index (χ1n) is 7.24. The minimum atomic E-state index is -0.552. The summed E-state index contributed by atoms with van der Waals surface area (Å²) in [5.74, 6) is -0.552. The van der Waals surface area contributed by atoms with Crippen molar-refractivity contribution in [2.45, 2.75) is 0 Å². The van der Waals surface area contributed by atoms with Gasteiger partial charge in [0.1, 0.15) is 0 Å². The lowest BCUT2D eigenvalue weighted by molar-refractivity contribution is -0.384. The molecule has 0 saturated carbocycles. The number of nitro benzene ring substituents is 1. The molecule has 0 aliphatic heterocycles. The molecular formula is C17H12N4O4. The number of fused-ring (bicyclic) bond motifs is 1. The summed E-state index contributed by atoms with van der Waals surface area (Å²) in [4.78, 5) is 36.8. The van der Waals surface area contributed by atoms with Gasteiger partial charge in [0.25, 0.3) is 11.6 Å². The number of nitro groups is 1. The number of aromatic amines is 1. The fourth-order valence-electron chi connectivity index (χ4n) is 2.34. The summed E-state index contributed by atoms with van der Waals surface area (Å²) in [6.45, 7) is 0. The molecule has 124 valence electrons. The average Bonchev–Trinajstić information content (AvgIpc) is 2.61. The number of hydrogen-bond donors (Lipinski definition) is 2. The number of rotatable bonds is 4. The molecule has 1 amide bonds. The van der Waals surface area contributed by atoms with E-state index >= 15 is 0 Å². The number of benzene rings is 2. The molecule has 8 nitrogen and oxygen atoms in total. The van der Waals surface area contributed by atoms with Crippen molar-refractivity contribution >= 4 is 28.7 Å². The smallest absolute Gasteiger partial charge is 0.272 e. The summed E-state index contributed by atoms with van der Waals surface area (Å²) in [5.41, 5.74) is 3.05. The van der Waals surface area contributed by atoms with Crippen LogP contribution in [0.5, 0.6) is 0 Å². The van der Waals surface area contributed by atoms with Crippen LogP contribution in [0.15, 0.2) is 64.5 Å². The van der Waals surface area contributed by atoms with Crippen molar-refractivity contribution in [3.8, 4) is 0 Å². The zero-order valence-corrected chi connectivity index (χ0v) is 12.8. The monoisotopic (exact) mass is 336 g/mol. The van der Waals surface area contributed by atoms with Crippen molar-refractivity contribution in [1.82, 2.24) is 10.4 Å². The zero-order valence-electron chi connectivity index (χ0n) is 12.8. The molecule has 0 saturated heterocycles. The van der Waals surface area contributed by atoms with Gasteiger partial charge in [0.15, 0.2) is 0 Å². The maximum Gasteiger partial charge on any atom is 0.272 e. The third-order valence-electron chi connectivity index (χ3n) is 3.46. The molecule has 0 unspecified atom stereocenters. The van der Waals surface area contributed by atoms with Crippen LogP contribution in [0.25, 0.3) is 10.9 Å². The van der Waals surface area contributed by atoms with Gasteiger partial charge in [0, 0.05) is 34.7 Å². The van der Waals surface area contributed by atoms with Crippen LogP contribution in [0.4, 0.5) is 5.69 Å². The fraction of sp³-hybridized carbons (Fsp3) is 0. The SMILES string of the molecule is O=C(N/N=C/c1cccc([N+](=O)[O-])c1)c1cc(=O)[nH]c2ccccc12. The third kappa shape index (κ3) is 3.58. The molecule has 0 aliphatic carbocycles. The molecule has 0 bridgehead atoms. The Hall–Kier alpha value is -3.81.